The quantitative estimate of drug-likeness (QED) is 0.655. The van der Waals surface area contributed by atoms with Crippen molar-refractivity contribution in [3.8, 4) is 11.1 Å². The smallest absolute Gasteiger partial charge is 0.266 e. The molecule has 1 aliphatic heterocycles. The van der Waals surface area contributed by atoms with E-state index in [1.165, 1.54) is 10.5 Å². The van der Waals surface area contributed by atoms with Crippen LogP contribution in [-0.4, -0.2) is 11.8 Å². The molecule has 116 valence electrons. The van der Waals surface area contributed by atoms with Crippen molar-refractivity contribution in [3.63, 3.8) is 0 Å². The Morgan fingerprint density at radius 2 is 1.25 bits per heavy atom. The molecule has 0 spiro atoms. The summed E-state index contributed by atoms with van der Waals surface area (Å²) < 4.78 is 0. The topological polar surface area (TPSA) is 37.4 Å². The van der Waals surface area contributed by atoms with Gasteiger partial charge in [-0.05, 0) is 42.3 Å². The number of hydrogen-bond acceptors (Lipinski definition) is 2. The van der Waals surface area contributed by atoms with E-state index in [2.05, 4.69) is 6.07 Å². The number of anilines is 1. The molecule has 3 nitrogen and oxygen atoms in total. The average molecular weight is 313 g/mol. The predicted octanol–water partition coefficient (Wildman–Crippen LogP) is 4.46. The van der Waals surface area contributed by atoms with Crippen molar-refractivity contribution in [2.75, 3.05) is 4.90 Å². The molecule has 1 aliphatic rings. The minimum atomic E-state index is -0.267. The molecule has 4 rings (SSSR count). The van der Waals surface area contributed by atoms with Gasteiger partial charge in [0.2, 0.25) is 0 Å². The highest BCUT2D eigenvalue weighted by atomic mass is 16.2. The summed E-state index contributed by atoms with van der Waals surface area (Å²) in [6, 6.07) is 22.6. The highest BCUT2D eigenvalue weighted by Crippen LogP contribution is 2.31. The minimum absolute atomic E-state index is 0.267. The standard InChI is InChI=1S/C21H15NO2/c1-14-6-4-7-15(12-14)16-8-5-9-17(13-16)22-20(23)18-10-2-3-11-19(18)21(22)24/h2-13H,1H3. The molecule has 3 aromatic rings. The highest BCUT2D eigenvalue weighted by molar-refractivity contribution is 6.34. The monoisotopic (exact) mass is 313 g/mol. The lowest BCUT2D eigenvalue weighted by Crippen LogP contribution is -2.29. The summed E-state index contributed by atoms with van der Waals surface area (Å²) in [5, 5.41) is 0. The summed E-state index contributed by atoms with van der Waals surface area (Å²) in [6.07, 6.45) is 0. The Kier molecular flexibility index (Phi) is 3.28. The van der Waals surface area contributed by atoms with Crippen molar-refractivity contribution in [1.82, 2.24) is 0 Å². The van der Waals surface area contributed by atoms with Crippen LogP contribution in [0.3, 0.4) is 0 Å². The van der Waals surface area contributed by atoms with Gasteiger partial charge in [0.25, 0.3) is 11.8 Å². The van der Waals surface area contributed by atoms with Crippen LogP contribution in [0.25, 0.3) is 11.1 Å². The molecule has 3 aromatic carbocycles. The summed E-state index contributed by atoms with van der Waals surface area (Å²) in [5.41, 5.74) is 4.73. The third kappa shape index (κ3) is 2.22. The third-order valence-electron chi connectivity index (χ3n) is 4.25. The van der Waals surface area contributed by atoms with Crippen LogP contribution in [-0.2, 0) is 0 Å². The molecule has 0 aliphatic carbocycles. The van der Waals surface area contributed by atoms with Crippen molar-refractivity contribution in [2.24, 2.45) is 0 Å². The van der Waals surface area contributed by atoms with Crippen molar-refractivity contribution < 1.29 is 9.59 Å². The second-order valence-electron chi connectivity index (χ2n) is 5.91. The van der Waals surface area contributed by atoms with Gasteiger partial charge in [0.15, 0.2) is 0 Å². The van der Waals surface area contributed by atoms with Gasteiger partial charge in [0.1, 0.15) is 0 Å². The second-order valence-corrected chi connectivity index (χ2v) is 5.91. The molecule has 0 radical (unpaired) electrons. The van der Waals surface area contributed by atoms with Gasteiger partial charge in [0.05, 0.1) is 16.8 Å². The molecule has 0 saturated carbocycles. The van der Waals surface area contributed by atoms with E-state index in [-0.39, 0.29) is 11.8 Å². The minimum Gasteiger partial charge on any atom is -0.268 e. The van der Waals surface area contributed by atoms with Crippen LogP contribution in [0.2, 0.25) is 0 Å². The summed E-state index contributed by atoms with van der Waals surface area (Å²) >= 11 is 0. The maximum absolute atomic E-state index is 12.6. The second kappa shape index (κ2) is 5.46. The molecule has 1 heterocycles. The summed E-state index contributed by atoms with van der Waals surface area (Å²) in [7, 11) is 0. The Balaban J connectivity index is 1.78. The fraction of sp³-hybridized carbons (Fsp3) is 0.0476. The van der Waals surface area contributed by atoms with Crippen LogP contribution in [0, 0.1) is 6.92 Å². The summed E-state index contributed by atoms with van der Waals surface area (Å²) in [5.74, 6) is -0.533. The molecule has 0 saturated heterocycles. The molecular formula is C21H15NO2. The number of aryl methyl sites for hydroxylation is 1. The van der Waals surface area contributed by atoms with Gasteiger partial charge in [0, 0.05) is 0 Å². The van der Waals surface area contributed by atoms with E-state index in [0.717, 1.165) is 11.1 Å². The van der Waals surface area contributed by atoms with E-state index in [4.69, 9.17) is 0 Å². The molecule has 0 atom stereocenters. The van der Waals surface area contributed by atoms with E-state index < -0.39 is 0 Å². The maximum atomic E-state index is 12.6. The number of rotatable bonds is 2. The van der Waals surface area contributed by atoms with Gasteiger partial charge in [-0.2, -0.15) is 0 Å². The molecule has 0 N–H and O–H groups in total. The molecule has 3 heteroatoms. The van der Waals surface area contributed by atoms with Gasteiger partial charge in [-0.15, -0.1) is 0 Å². The number of imide groups is 1. The lowest BCUT2D eigenvalue weighted by atomic mass is 10.0. The molecule has 24 heavy (non-hydrogen) atoms. The molecule has 0 bridgehead atoms. The number of carbonyl (C=O) groups is 2. The van der Waals surface area contributed by atoms with Crippen molar-refractivity contribution in [2.45, 2.75) is 6.92 Å². The summed E-state index contributed by atoms with van der Waals surface area (Å²) in [6.45, 7) is 2.04. The van der Waals surface area contributed by atoms with Gasteiger partial charge in [-0.3, -0.25) is 9.59 Å². The molecule has 0 fully saturated rings. The lowest BCUT2D eigenvalue weighted by molar-refractivity contribution is 0.0926. The zero-order valence-electron chi connectivity index (χ0n) is 13.2. The van der Waals surface area contributed by atoms with Crippen LogP contribution < -0.4 is 4.90 Å². The van der Waals surface area contributed by atoms with Crippen LogP contribution >= 0.6 is 0 Å². The van der Waals surface area contributed by atoms with Crippen molar-refractivity contribution >= 4 is 17.5 Å². The molecular weight excluding hydrogens is 298 g/mol. The van der Waals surface area contributed by atoms with Crippen LogP contribution in [0.4, 0.5) is 5.69 Å². The highest BCUT2D eigenvalue weighted by Gasteiger charge is 2.36. The predicted molar refractivity (Wildman–Crippen MR) is 94.2 cm³/mol. The first-order chi connectivity index (χ1) is 11.6. The maximum Gasteiger partial charge on any atom is 0.266 e. The normalized spacial score (nSPS) is 13.3. The van der Waals surface area contributed by atoms with E-state index in [9.17, 15) is 9.59 Å². The van der Waals surface area contributed by atoms with Crippen LogP contribution in [0.1, 0.15) is 26.3 Å². The third-order valence-corrected chi connectivity index (χ3v) is 4.25. The number of amides is 2. The average Bonchev–Trinajstić information content (AvgIpc) is 2.86. The van der Waals surface area contributed by atoms with Crippen molar-refractivity contribution in [1.29, 1.82) is 0 Å². The number of hydrogen-bond donors (Lipinski definition) is 0. The van der Waals surface area contributed by atoms with Gasteiger partial charge >= 0.3 is 0 Å². The van der Waals surface area contributed by atoms with Crippen LogP contribution in [0.15, 0.2) is 72.8 Å². The largest absolute Gasteiger partial charge is 0.268 e. The number of nitrogens with zero attached hydrogens (tertiary/aromatic N) is 1. The first kappa shape index (κ1) is 14.4. The number of fused-ring (bicyclic) bond motifs is 1. The number of benzene rings is 3. The Morgan fingerprint density at radius 1 is 0.667 bits per heavy atom. The van der Waals surface area contributed by atoms with Gasteiger partial charge < -0.3 is 0 Å². The Morgan fingerprint density at radius 3 is 1.88 bits per heavy atom. The van der Waals surface area contributed by atoms with Gasteiger partial charge in [-0.1, -0.05) is 54.1 Å². The zero-order valence-corrected chi connectivity index (χ0v) is 13.2. The lowest BCUT2D eigenvalue weighted by Gasteiger charge is -2.15. The van der Waals surface area contributed by atoms with E-state index >= 15 is 0 Å². The SMILES string of the molecule is Cc1cccc(-c2cccc(N3C(=O)c4ccccc4C3=O)c2)c1. The Labute approximate surface area is 140 Å². The molecule has 0 unspecified atom stereocenters. The fourth-order valence-electron chi connectivity index (χ4n) is 3.07. The number of carbonyl (C=O) groups excluding carboxylic acids is 2. The zero-order chi connectivity index (χ0) is 16.7. The van der Waals surface area contributed by atoms with Crippen molar-refractivity contribution in [3.05, 3.63) is 89.5 Å². The first-order valence-corrected chi connectivity index (χ1v) is 7.80. The van der Waals surface area contributed by atoms with E-state index in [0.29, 0.717) is 16.8 Å². The van der Waals surface area contributed by atoms with E-state index in [1.807, 2.05) is 43.3 Å². The van der Waals surface area contributed by atoms with Gasteiger partial charge in [-0.25, -0.2) is 4.90 Å². The fourth-order valence-corrected chi connectivity index (χ4v) is 3.07. The summed E-state index contributed by atoms with van der Waals surface area (Å²) in [4.78, 5) is 26.5. The first-order valence-electron chi connectivity index (χ1n) is 7.80. The Hall–Kier alpha value is -3.20. The van der Waals surface area contributed by atoms with Crippen LogP contribution in [0.5, 0.6) is 0 Å². The molecule has 0 aromatic heterocycles. The Bertz CT molecular complexity index is 940. The molecule has 2 amide bonds. The van der Waals surface area contributed by atoms with E-state index in [1.54, 1.807) is 30.3 Å².